The second-order valence-corrected chi connectivity index (χ2v) is 20.2. The fourth-order valence-corrected chi connectivity index (χ4v) is 15.2. The number of methoxy groups -OCH3 is 1. The van der Waals surface area contributed by atoms with Crippen LogP contribution in [-0.2, 0) is 20.8 Å². The maximum absolute atomic E-state index is 14.5. The number of fused-ring (bicyclic) bond motifs is 1. The number of hydrogen-bond donors (Lipinski definition) is 1. The van der Waals surface area contributed by atoms with Crippen LogP contribution in [0.2, 0.25) is 24.2 Å². The van der Waals surface area contributed by atoms with Crippen molar-refractivity contribution in [1.82, 2.24) is 19.9 Å². The van der Waals surface area contributed by atoms with E-state index in [0.29, 0.717) is 36.0 Å². The third-order valence-electron chi connectivity index (χ3n) is 12.5. The van der Waals surface area contributed by atoms with Gasteiger partial charge in [-0.05, 0) is 80.4 Å². The van der Waals surface area contributed by atoms with Gasteiger partial charge >= 0.3 is 0 Å². The number of carbonyl (C=O) groups is 1. The standard InChI is InChI=1S/C35H56N4O4Si/c1-6-21-39-30-15-11-10-14-28(30)35(34(39)41)24(2)33(44(4,5)27-18-16-26(42-3)17-19-27)31(43-35)20-22-38-23-29(36-37-38)32(40)25-12-8-7-9-13-25/h6,23-27,31-33,40H,1,7-22H2,2-5H3/t24-,26?,27?,31+,32+,33-,35+/m0/s1. The highest BCUT2D eigenvalue weighted by Gasteiger charge is 2.67. The number of nitrogens with zero attached hydrogens (tertiary/aromatic N) is 4. The van der Waals surface area contributed by atoms with E-state index in [1.165, 1.54) is 43.4 Å². The Labute approximate surface area is 265 Å². The summed E-state index contributed by atoms with van der Waals surface area (Å²) in [6.07, 6.45) is 19.0. The number of rotatable bonds is 10. The molecule has 0 bridgehead atoms. The van der Waals surface area contributed by atoms with E-state index in [-0.39, 0.29) is 23.8 Å². The second-order valence-electron chi connectivity index (χ2n) is 15.1. The molecule has 1 spiro atoms. The summed E-state index contributed by atoms with van der Waals surface area (Å²) in [5.74, 6) is 0.553. The van der Waals surface area contributed by atoms with Crippen LogP contribution in [-0.4, -0.2) is 70.4 Å². The summed E-state index contributed by atoms with van der Waals surface area (Å²) in [5, 5.41) is 19.9. The van der Waals surface area contributed by atoms with E-state index in [0.717, 1.165) is 57.8 Å². The number of allylic oxidation sites excluding steroid dienone is 1. The molecule has 1 amide bonds. The van der Waals surface area contributed by atoms with Gasteiger partial charge in [0, 0.05) is 31.8 Å². The number of carbonyl (C=O) groups excluding carboxylic acids is 1. The average Bonchev–Trinajstić information content (AvgIpc) is 3.71. The molecule has 8 nitrogen and oxygen atoms in total. The molecule has 6 rings (SSSR count). The number of hydrogen-bond acceptors (Lipinski definition) is 6. The zero-order chi connectivity index (χ0) is 31.1. The monoisotopic (exact) mass is 624 g/mol. The lowest BCUT2D eigenvalue weighted by atomic mass is 9.78. The zero-order valence-corrected chi connectivity index (χ0v) is 28.7. The van der Waals surface area contributed by atoms with Crippen molar-refractivity contribution in [1.29, 1.82) is 0 Å². The molecule has 0 radical (unpaired) electrons. The Hall–Kier alpha value is -1.81. The van der Waals surface area contributed by atoms with Gasteiger partial charge in [-0.3, -0.25) is 9.48 Å². The van der Waals surface area contributed by atoms with E-state index in [9.17, 15) is 9.90 Å². The van der Waals surface area contributed by atoms with Crippen LogP contribution in [0.3, 0.4) is 0 Å². The van der Waals surface area contributed by atoms with Crippen LogP contribution in [0.25, 0.3) is 0 Å². The minimum Gasteiger partial charge on any atom is -0.386 e. The van der Waals surface area contributed by atoms with E-state index in [4.69, 9.17) is 9.47 Å². The van der Waals surface area contributed by atoms with Gasteiger partial charge in [0.2, 0.25) is 0 Å². The normalized spacial score (nSPS) is 34.2. The molecule has 0 aromatic carbocycles. The molecule has 9 heteroatoms. The van der Waals surface area contributed by atoms with E-state index in [1.54, 1.807) is 0 Å². The molecule has 244 valence electrons. The van der Waals surface area contributed by atoms with Crippen LogP contribution in [0, 0.1) is 11.8 Å². The second kappa shape index (κ2) is 13.1. The van der Waals surface area contributed by atoms with E-state index in [1.807, 2.05) is 29.0 Å². The number of aryl methyl sites for hydroxylation is 1. The summed E-state index contributed by atoms with van der Waals surface area (Å²) in [4.78, 5) is 16.5. The molecule has 3 aliphatic carbocycles. The SMILES string of the molecule is C=CCN1C(=O)[C@]2(O[C@H](CCn3cc([C@H](O)C4CCCCC4)nn3)[C@@H]([Si](C)(C)C3CCC(OC)CC3)[C@@H]2C)C2=C1CCCC2. The molecule has 5 atom stereocenters. The topological polar surface area (TPSA) is 89.7 Å². The van der Waals surface area contributed by atoms with Gasteiger partial charge in [0.1, 0.15) is 11.8 Å². The Morgan fingerprint density at radius 1 is 1.14 bits per heavy atom. The lowest BCUT2D eigenvalue weighted by Crippen LogP contribution is -2.50. The number of amides is 1. The first kappa shape index (κ1) is 32.1. The van der Waals surface area contributed by atoms with Crippen molar-refractivity contribution in [2.24, 2.45) is 11.8 Å². The number of aliphatic hydroxyl groups excluding tert-OH is 1. The van der Waals surface area contributed by atoms with Gasteiger partial charge in [0.15, 0.2) is 5.60 Å². The molecule has 0 unspecified atom stereocenters. The van der Waals surface area contributed by atoms with Crippen LogP contribution < -0.4 is 0 Å². The van der Waals surface area contributed by atoms with E-state index in [2.05, 4.69) is 36.9 Å². The molecule has 1 aromatic rings. The predicted molar refractivity (Wildman–Crippen MR) is 175 cm³/mol. The average molecular weight is 625 g/mol. The number of aliphatic hydroxyl groups is 1. The molecule has 1 N–H and O–H groups in total. The first-order chi connectivity index (χ1) is 21.2. The van der Waals surface area contributed by atoms with Crippen LogP contribution >= 0.6 is 0 Å². The van der Waals surface area contributed by atoms with Crippen molar-refractivity contribution in [2.75, 3.05) is 13.7 Å². The molecular formula is C35H56N4O4Si. The van der Waals surface area contributed by atoms with Crippen molar-refractivity contribution < 1.29 is 19.4 Å². The minimum absolute atomic E-state index is 0.0222. The molecule has 1 aromatic heterocycles. The highest BCUT2D eigenvalue weighted by Crippen LogP contribution is 2.61. The molecule has 2 aliphatic heterocycles. The summed E-state index contributed by atoms with van der Waals surface area (Å²) in [5.41, 5.74) is 3.36. The van der Waals surface area contributed by atoms with E-state index < -0.39 is 19.8 Å². The van der Waals surface area contributed by atoms with Gasteiger partial charge in [-0.1, -0.05) is 63.4 Å². The summed E-state index contributed by atoms with van der Waals surface area (Å²) in [6, 6.07) is 0. The molecule has 1 saturated heterocycles. The van der Waals surface area contributed by atoms with Gasteiger partial charge in [-0.15, -0.1) is 11.7 Å². The first-order valence-corrected chi connectivity index (χ1v) is 20.8. The maximum atomic E-state index is 14.5. The summed E-state index contributed by atoms with van der Waals surface area (Å²) < 4.78 is 14.9. The van der Waals surface area contributed by atoms with Crippen LogP contribution in [0.1, 0.15) is 109 Å². The van der Waals surface area contributed by atoms with Gasteiger partial charge in [-0.2, -0.15) is 0 Å². The highest BCUT2D eigenvalue weighted by atomic mass is 28.3. The highest BCUT2D eigenvalue weighted by molar-refractivity contribution is 6.80. The van der Waals surface area contributed by atoms with Crippen molar-refractivity contribution in [3.05, 3.63) is 35.8 Å². The molecule has 44 heavy (non-hydrogen) atoms. The van der Waals surface area contributed by atoms with E-state index >= 15 is 0 Å². The quantitative estimate of drug-likeness (QED) is 0.224. The van der Waals surface area contributed by atoms with Gasteiger partial charge in [-0.25, -0.2) is 0 Å². The third-order valence-corrected chi connectivity index (χ3v) is 17.8. The van der Waals surface area contributed by atoms with Crippen LogP contribution in [0.5, 0.6) is 0 Å². The van der Waals surface area contributed by atoms with Crippen molar-refractivity contribution >= 4 is 14.0 Å². The Kier molecular flexibility index (Phi) is 9.59. The zero-order valence-electron chi connectivity index (χ0n) is 27.7. The fraction of sp³-hybridized carbons (Fsp3) is 0.800. The fourth-order valence-electron chi connectivity index (χ4n) is 10.1. The van der Waals surface area contributed by atoms with Crippen LogP contribution in [0.15, 0.2) is 30.1 Å². The molecule has 5 aliphatic rings. The van der Waals surface area contributed by atoms with Crippen molar-refractivity contribution in [3.63, 3.8) is 0 Å². The smallest absolute Gasteiger partial charge is 0.263 e. The summed E-state index contributed by atoms with van der Waals surface area (Å²) in [6.45, 7) is 12.7. The Bertz CT molecular complexity index is 1220. The number of aromatic nitrogens is 3. The largest absolute Gasteiger partial charge is 0.386 e. The summed E-state index contributed by atoms with van der Waals surface area (Å²) >= 11 is 0. The summed E-state index contributed by atoms with van der Waals surface area (Å²) in [7, 11) is -0.0636. The van der Waals surface area contributed by atoms with Crippen molar-refractivity contribution in [3.8, 4) is 0 Å². The molecule has 2 saturated carbocycles. The lowest BCUT2D eigenvalue weighted by molar-refractivity contribution is -0.149. The molecule has 3 heterocycles. The van der Waals surface area contributed by atoms with Gasteiger partial charge < -0.3 is 19.5 Å². The Morgan fingerprint density at radius 2 is 1.86 bits per heavy atom. The predicted octanol–water partition coefficient (Wildman–Crippen LogP) is 6.95. The van der Waals surface area contributed by atoms with Gasteiger partial charge in [0.05, 0.1) is 26.5 Å². The van der Waals surface area contributed by atoms with Crippen LogP contribution in [0.4, 0.5) is 0 Å². The maximum Gasteiger partial charge on any atom is 0.263 e. The first-order valence-electron chi connectivity index (χ1n) is 17.7. The Balaban J connectivity index is 1.28. The molecular weight excluding hydrogens is 568 g/mol. The van der Waals surface area contributed by atoms with Gasteiger partial charge in [0.25, 0.3) is 5.91 Å². The Morgan fingerprint density at radius 3 is 2.57 bits per heavy atom. The van der Waals surface area contributed by atoms with Crippen molar-refractivity contribution in [2.45, 2.75) is 151 Å². The lowest BCUT2D eigenvalue weighted by Gasteiger charge is -2.45. The number of ether oxygens (including phenoxy) is 2. The third kappa shape index (κ3) is 5.58. The molecule has 3 fully saturated rings. The minimum atomic E-state index is -1.91.